The first-order valence-corrected chi connectivity index (χ1v) is 9.42. The summed E-state index contributed by atoms with van der Waals surface area (Å²) >= 11 is 0. The SMILES string of the molecule is CCNC(=NCc1ccc(C)cc1OC(C)C)NCCCCOCC. The van der Waals surface area contributed by atoms with Gasteiger partial charge in [-0.3, -0.25) is 0 Å². The van der Waals surface area contributed by atoms with E-state index in [0.717, 1.165) is 56.4 Å². The van der Waals surface area contributed by atoms with Crippen LogP contribution in [-0.2, 0) is 11.3 Å². The van der Waals surface area contributed by atoms with E-state index in [1.807, 2.05) is 20.8 Å². The van der Waals surface area contributed by atoms with Crippen molar-refractivity contribution in [2.45, 2.75) is 60.1 Å². The van der Waals surface area contributed by atoms with E-state index in [2.05, 4.69) is 42.7 Å². The Hall–Kier alpha value is -1.75. The second-order valence-corrected chi connectivity index (χ2v) is 6.30. The molecule has 1 aromatic carbocycles. The number of hydrogen-bond acceptors (Lipinski definition) is 3. The summed E-state index contributed by atoms with van der Waals surface area (Å²) < 4.78 is 11.3. The number of aliphatic imine (C=N–C) groups is 1. The van der Waals surface area contributed by atoms with Crippen molar-refractivity contribution in [2.75, 3.05) is 26.3 Å². The maximum atomic E-state index is 5.93. The van der Waals surface area contributed by atoms with Crippen molar-refractivity contribution in [1.29, 1.82) is 0 Å². The minimum atomic E-state index is 0.154. The molecule has 0 atom stereocenters. The van der Waals surface area contributed by atoms with Gasteiger partial charge < -0.3 is 20.1 Å². The van der Waals surface area contributed by atoms with Gasteiger partial charge in [0.05, 0.1) is 12.6 Å². The molecule has 0 aliphatic rings. The fraction of sp³-hybridized carbons (Fsp3) is 0.650. The number of nitrogens with one attached hydrogen (secondary N) is 2. The largest absolute Gasteiger partial charge is 0.491 e. The fourth-order valence-electron chi connectivity index (χ4n) is 2.34. The normalized spacial score (nSPS) is 11.7. The van der Waals surface area contributed by atoms with Crippen LogP contribution in [0.5, 0.6) is 5.75 Å². The Balaban J connectivity index is 2.61. The Bertz CT molecular complexity index is 516. The topological polar surface area (TPSA) is 54.9 Å². The molecule has 0 heterocycles. The first-order valence-electron chi connectivity index (χ1n) is 9.42. The summed E-state index contributed by atoms with van der Waals surface area (Å²) in [5, 5.41) is 6.68. The molecule has 25 heavy (non-hydrogen) atoms. The minimum absolute atomic E-state index is 0.154. The minimum Gasteiger partial charge on any atom is -0.491 e. The van der Waals surface area contributed by atoms with E-state index in [1.165, 1.54) is 5.56 Å². The number of guanidine groups is 1. The Labute approximate surface area is 153 Å². The van der Waals surface area contributed by atoms with Crippen molar-refractivity contribution >= 4 is 5.96 Å². The van der Waals surface area contributed by atoms with E-state index in [1.54, 1.807) is 0 Å². The van der Waals surface area contributed by atoms with Crippen LogP contribution in [0.3, 0.4) is 0 Å². The van der Waals surface area contributed by atoms with Crippen LogP contribution in [0.15, 0.2) is 23.2 Å². The van der Waals surface area contributed by atoms with Gasteiger partial charge >= 0.3 is 0 Å². The van der Waals surface area contributed by atoms with Gasteiger partial charge in [-0.25, -0.2) is 4.99 Å². The summed E-state index contributed by atoms with van der Waals surface area (Å²) in [6, 6.07) is 6.28. The number of rotatable bonds is 11. The Morgan fingerprint density at radius 3 is 2.64 bits per heavy atom. The molecule has 5 nitrogen and oxygen atoms in total. The van der Waals surface area contributed by atoms with Crippen LogP contribution < -0.4 is 15.4 Å². The highest BCUT2D eigenvalue weighted by atomic mass is 16.5. The number of benzene rings is 1. The molecule has 0 fully saturated rings. The zero-order chi connectivity index (χ0) is 18.5. The average molecular weight is 350 g/mol. The van der Waals surface area contributed by atoms with Crippen LogP contribution in [0.4, 0.5) is 0 Å². The van der Waals surface area contributed by atoms with Gasteiger partial charge in [0.1, 0.15) is 5.75 Å². The van der Waals surface area contributed by atoms with E-state index >= 15 is 0 Å². The van der Waals surface area contributed by atoms with Crippen molar-refractivity contribution in [3.8, 4) is 5.75 Å². The van der Waals surface area contributed by atoms with Gasteiger partial charge in [0.25, 0.3) is 0 Å². The number of ether oxygens (including phenoxy) is 2. The molecule has 5 heteroatoms. The van der Waals surface area contributed by atoms with Crippen molar-refractivity contribution in [3.63, 3.8) is 0 Å². The summed E-state index contributed by atoms with van der Waals surface area (Å²) in [4.78, 5) is 4.70. The van der Waals surface area contributed by atoms with Crippen LogP contribution in [0.1, 0.15) is 51.7 Å². The molecule has 0 aliphatic carbocycles. The van der Waals surface area contributed by atoms with Crippen LogP contribution in [0.25, 0.3) is 0 Å². The molecule has 0 saturated heterocycles. The molecule has 1 aromatic rings. The van der Waals surface area contributed by atoms with Gasteiger partial charge in [-0.2, -0.15) is 0 Å². The lowest BCUT2D eigenvalue weighted by Gasteiger charge is -2.15. The van der Waals surface area contributed by atoms with Crippen molar-refractivity contribution in [3.05, 3.63) is 29.3 Å². The maximum Gasteiger partial charge on any atom is 0.191 e. The van der Waals surface area contributed by atoms with E-state index in [9.17, 15) is 0 Å². The lowest BCUT2D eigenvalue weighted by atomic mass is 10.1. The third-order valence-electron chi connectivity index (χ3n) is 3.55. The molecular weight excluding hydrogens is 314 g/mol. The van der Waals surface area contributed by atoms with Gasteiger partial charge in [-0.05, 0) is 59.1 Å². The molecule has 0 bridgehead atoms. The quantitative estimate of drug-likeness (QED) is 0.364. The second-order valence-electron chi connectivity index (χ2n) is 6.30. The fourth-order valence-corrected chi connectivity index (χ4v) is 2.34. The Kier molecular flexibility index (Phi) is 10.7. The number of unbranched alkanes of at least 4 members (excludes halogenated alkanes) is 1. The molecular formula is C20H35N3O2. The monoisotopic (exact) mass is 349 g/mol. The van der Waals surface area contributed by atoms with Crippen LogP contribution in [0.2, 0.25) is 0 Å². The Morgan fingerprint density at radius 2 is 1.96 bits per heavy atom. The van der Waals surface area contributed by atoms with Crippen LogP contribution in [0, 0.1) is 6.92 Å². The standard InChI is InChI=1S/C20H35N3O2/c1-6-21-20(22-12-8-9-13-24-7-2)23-15-18-11-10-17(5)14-19(18)25-16(3)4/h10-11,14,16H,6-9,12-13,15H2,1-5H3,(H2,21,22,23). The van der Waals surface area contributed by atoms with Gasteiger partial charge in [0.15, 0.2) is 5.96 Å². The molecule has 0 amide bonds. The molecule has 0 aliphatic heterocycles. The smallest absolute Gasteiger partial charge is 0.191 e. The molecule has 0 radical (unpaired) electrons. The molecule has 0 unspecified atom stereocenters. The Morgan fingerprint density at radius 1 is 1.16 bits per heavy atom. The number of hydrogen-bond donors (Lipinski definition) is 2. The van der Waals surface area contributed by atoms with Crippen molar-refractivity contribution in [1.82, 2.24) is 10.6 Å². The average Bonchev–Trinajstić information content (AvgIpc) is 2.56. The summed E-state index contributed by atoms with van der Waals surface area (Å²) in [5.74, 6) is 1.77. The summed E-state index contributed by atoms with van der Waals surface area (Å²) in [6.07, 6.45) is 2.28. The highest BCUT2D eigenvalue weighted by Crippen LogP contribution is 2.22. The van der Waals surface area contributed by atoms with Gasteiger partial charge in [0, 0.05) is 31.9 Å². The van der Waals surface area contributed by atoms with Crippen LogP contribution in [-0.4, -0.2) is 38.4 Å². The molecule has 0 spiro atoms. The molecule has 2 N–H and O–H groups in total. The van der Waals surface area contributed by atoms with Gasteiger partial charge in [-0.15, -0.1) is 0 Å². The third-order valence-corrected chi connectivity index (χ3v) is 3.55. The summed E-state index contributed by atoms with van der Waals surface area (Å²) in [6.45, 7) is 14.2. The molecule has 1 rings (SSSR count). The maximum absolute atomic E-state index is 5.93. The van der Waals surface area contributed by atoms with Crippen LogP contribution >= 0.6 is 0 Å². The number of aryl methyl sites for hydroxylation is 1. The zero-order valence-electron chi connectivity index (χ0n) is 16.5. The molecule has 0 aromatic heterocycles. The van der Waals surface area contributed by atoms with E-state index < -0.39 is 0 Å². The zero-order valence-corrected chi connectivity index (χ0v) is 16.5. The summed E-state index contributed by atoms with van der Waals surface area (Å²) in [5.41, 5.74) is 2.30. The molecule has 0 saturated carbocycles. The molecule has 142 valence electrons. The van der Waals surface area contributed by atoms with E-state index in [-0.39, 0.29) is 6.10 Å². The van der Waals surface area contributed by atoms with Crippen molar-refractivity contribution < 1.29 is 9.47 Å². The second kappa shape index (κ2) is 12.6. The van der Waals surface area contributed by atoms with Gasteiger partial charge in [0.2, 0.25) is 0 Å². The predicted octanol–water partition coefficient (Wildman–Crippen LogP) is 3.65. The van der Waals surface area contributed by atoms with Gasteiger partial charge in [-0.1, -0.05) is 12.1 Å². The number of nitrogens with zero attached hydrogens (tertiary/aromatic N) is 1. The lowest BCUT2D eigenvalue weighted by molar-refractivity contribution is 0.143. The third kappa shape index (κ3) is 9.34. The highest BCUT2D eigenvalue weighted by Gasteiger charge is 2.06. The van der Waals surface area contributed by atoms with E-state index in [0.29, 0.717) is 6.54 Å². The lowest BCUT2D eigenvalue weighted by Crippen LogP contribution is -2.37. The van der Waals surface area contributed by atoms with E-state index in [4.69, 9.17) is 14.5 Å². The first kappa shape index (κ1) is 21.3. The summed E-state index contributed by atoms with van der Waals surface area (Å²) in [7, 11) is 0. The van der Waals surface area contributed by atoms with Crippen molar-refractivity contribution in [2.24, 2.45) is 4.99 Å². The predicted molar refractivity (Wildman–Crippen MR) is 105 cm³/mol. The first-order chi connectivity index (χ1) is 12.1. The highest BCUT2D eigenvalue weighted by molar-refractivity contribution is 5.79.